The van der Waals surface area contributed by atoms with E-state index in [4.69, 9.17) is 4.74 Å². The van der Waals surface area contributed by atoms with Gasteiger partial charge in [-0.05, 0) is 73.5 Å². The zero-order valence-electron chi connectivity index (χ0n) is 32.1. The number of nitrogens with zero attached hydrogens (tertiary/aromatic N) is 2. The summed E-state index contributed by atoms with van der Waals surface area (Å²) in [6, 6.07) is 11.3. The summed E-state index contributed by atoms with van der Waals surface area (Å²) in [5, 5.41) is 21.2. The Bertz CT molecular complexity index is 1790. The monoisotopic (exact) mass is 835 g/mol. The number of azo groups is 1. The van der Waals surface area contributed by atoms with Gasteiger partial charge in [0.2, 0.25) is 0 Å². The first-order valence-corrected chi connectivity index (χ1v) is 21.0. The maximum atomic E-state index is 12.9. The third-order valence-corrected chi connectivity index (χ3v) is 10.3. The second kappa shape index (κ2) is 27.2. The summed E-state index contributed by atoms with van der Waals surface area (Å²) in [4.78, 5) is 10.7. The number of carbonyl (C=O) groups is 1. The van der Waals surface area contributed by atoms with Gasteiger partial charge in [0.05, 0.1) is 33.5 Å². The summed E-state index contributed by atoms with van der Waals surface area (Å²) in [7, 11) is -10.4. The maximum absolute atomic E-state index is 12.9. The van der Waals surface area contributed by atoms with E-state index in [9.17, 15) is 35.8 Å². The molecule has 0 aromatic heterocycles. The number of anilines is 1. The molecule has 286 valence electrons. The topological polar surface area (TPSA) is 198 Å². The van der Waals surface area contributed by atoms with E-state index in [0.717, 1.165) is 12.8 Å². The number of hydrogen-bond donors (Lipinski definition) is 2. The van der Waals surface area contributed by atoms with E-state index in [1.807, 2.05) is 0 Å². The number of aryl methyl sites for hydroxylation is 1. The molecular weight excluding hydrogens is 785 g/mol. The summed E-state index contributed by atoms with van der Waals surface area (Å²) >= 11 is 0. The molecule has 0 aliphatic carbocycles. The second-order valence-corrected chi connectivity index (χ2v) is 15.8. The number of phenols is 1. The minimum Gasteiger partial charge on any atom is -0.744 e. The van der Waals surface area contributed by atoms with Crippen LogP contribution in [0.4, 0.5) is 17.1 Å². The largest absolute Gasteiger partial charge is 1.00 e. The van der Waals surface area contributed by atoms with Gasteiger partial charge in [-0.25, -0.2) is 16.8 Å². The summed E-state index contributed by atoms with van der Waals surface area (Å²) in [5.41, 5.74) is 0.540. The fourth-order valence-corrected chi connectivity index (χ4v) is 6.80. The average Bonchev–Trinajstić information content (AvgIpc) is 3.09. The van der Waals surface area contributed by atoms with Gasteiger partial charge in [0.25, 0.3) is 5.91 Å². The molecule has 0 aliphatic rings. The first-order valence-electron chi connectivity index (χ1n) is 18.1. The molecule has 0 unspecified atom stereocenters. The van der Waals surface area contributed by atoms with Crippen molar-refractivity contribution in [1.29, 1.82) is 0 Å². The number of benzene rings is 3. The predicted octanol–water partition coefficient (Wildman–Crippen LogP) is 3.82. The molecule has 0 radical (unpaired) electrons. The number of ether oxygens (including phenoxy) is 1. The number of unbranched alkanes of at least 4 members (excludes halogenated alkanes) is 15. The van der Waals surface area contributed by atoms with Crippen LogP contribution in [0.1, 0.15) is 126 Å². The molecule has 0 saturated carbocycles. The van der Waals surface area contributed by atoms with Gasteiger partial charge in [-0.2, -0.15) is 10.2 Å². The molecule has 0 aliphatic heterocycles. The molecule has 0 heterocycles. The zero-order valence-corrected chi connectivity index (χ0v) is 40.0. The Morgan fingerprint density at radius 1 is 0.685 bits per heavy atom. The van der Waals surface area contributed by atoms with Gasteiger partial charge >= 0.3 is 103 Å². The van der Waals surface area contributed by atoms with Crippen molar-refractivity contribution in [3.8, 4) is 11.5 Å². The molecule has 0 atom stereocenters. The van der Waals surface area contributed by atoms with Crippen molar-refractivity contribution in [2.45, 2.75) is 126 Å². The Hall–Kier alpha value is -0.577. The Morgan fingerprint density at radius 3 is 1.61 bits per heavy atom. The minimum atomic E-state index is -5.21. The molecule has 1 amide bonds. The predicted molar refractivity (Wildman–Crippen MR) is 199 cm³/mol. The molecule has 0 fully saturated rings. The Labute approximate surface area is 406 Å². The van der Waals surface area contributed by atoms with Crippen LogP contribution < -0.4 is 113 Å². The minimum absolute atomic E-state index is 0. The molecule has 3 aromatic carbocycles. The number of hydrogen-bond acceptors (Lipinski definition) is 11. The third-order valence-electron chi connectivity index (χ3n) is 8.66. The maximum Gasteiger partial charge on any atom is 1.00 e. The van der Waals surface area contributed by atoms with E-state index in [2.05, 4.69) is 22.5 Å². The van der Waals surface area contributed by atoms with E-state index >= 15 is 0 Å². The summed E-state index contributed by atoms with van der Waals surface area (Å²) < 4.78 is 74.8. The van der Waals surface area contributed by atoms with Gasteiger partial charge < -0.3 is 24.3 Å². The van der Waals surface area contributed by atoms with Crippen LogP contribution in [-0.4, -0.2) is 43.6 Å². The first kappa shape index (κ1) is 51.4. The zero-order chi connectivity index (χ0) is 38.0. The van der Waals surface area contributed by atoms with Gasteiger partial charge in [0.1, 0.15) is 31.7 Å². The van der Waals surface area contributed by atoms with Gasteiger partial charge in [0.15, 0.2) is 0 Å². The number of amides is 1. The van der Waals surface area contributed by atoms with Crippen LogP contribution in [0.5, 0.6) is 11.5 Å². The van der Waals surface area contributed by atoms with E-state index in [1.165, 1.54) is 102 Å². The normalized spacial score (nSPS) is 11.6. The Morgan fingerprint density at radius 2 is 1.15 bits per heavy atom. The van der Waals surface area contributed by atoms with Gasteiger partial charge in [-0.1, -0.05) is 103 Å². The number of aromatic hydroxyl groups is 1. The van der Waals surface area contributed by atoms with Crippen LogP contribution >= 0.6 is 0 Å². The van der Waals surface area contributed by atoms with Crippen molar-refractivity contribution in [2.75, 3.05) is 11.9 Å². The van der Waals surface area contributed by atoms with E-state index in [1.54, 1.807) is 31.2 Å². The molecule has 2 N–H and O–H groups in total. The number of carbonyl (C=O) groups excluding carboxylic acids is 1. The van der Waals surface area contributed by atoms with Crippen molar-refractivity contribution in [2.24, 2.45) is 10.2 Å². The van der Waals surface area contributed by atoms with Crippen LogP contribution in [0.25, 0.3) is 0 Å². The SMILES string of the molecule is CCCCCCCCCCCCCCCCCCOc1ccc(N=Nc2cc(NC(=O)c3cc(S(=O)(=O)[O-])cc(S(=O)(=O)[O-])c3)c(O)cc2C)cc1.[K+].[K+]. The molecular formula is C38H51K2N3O9S2. The van der Waals surface area contributed by atoms with Crippen LogP contribution in [0, 0.1) is 6.92 Å². The molecule has 0 bridgehead atoms. The number of nitrogens with one attached hydrogen (secondary N) is 1. The van der Waals surface area contributed by atoms with Crippen LogP contribution in [-0.2, 0) is 20.2 Å². The Balaban J connectivity index is 0.00000729. The number of rotatable bonds is 24. The fourth-order valence-electron chi connectivity index (χ4n) is 5.64. The molecule has 16 heteroatoms. The summed E-state index contributed by atoms with van der Waals surface area (Å²) in [6.45, 7) is 4.55. The quantitative estimate of drug-likeness (QED) is 0.0443. The Kier molecular flexibility index (Phi) is 25.9. The van der Waals surface area contributed by atoms with Crippen LogP contribution in [0.15, 0.2) is 74.6 Å². The molecule has 3 aromatic rings. The summed E-state index contributed by atoms with van der Waals surface area (Å²) in [6.07, 6.45) is 21.0. The van der Waals surface area contributed by atoms with E-state index < -0.39 is 41.5 Å². The first-order chi connectivity index (χ1) is 24.8. The van der Waals surface area contributed by atoms with Crippen molar-refractivity contribution < 1.29 is 143 Å². The number of phenolic OH excluding ortho intramolecular Hbond substituents is 1. The second-order valence-electron chi connectivity index (χ2n) is 13.1. The molecule has 54 heavy (non-hydrogen) atoms. The van der Waals surface area contributed by atoms with Crippen molar-refractivity contribution in [1.82, 2.24) is 0 Å². The standard InChI is InChI=1S/C38H53N3O9S2.2K/c1-3-4-5-6-7-8-9-10-11-12-13-14-15-16-17-18-23-50-32-21-19-31(20-22-32)40-41-35-28-36(37(42)24-29(35)2)39-38(43)30-25-33(51(44,45)46)27-34(26-30)52(47,48)49;;/h19-22,24-28,42H,3-18,23H2,1-2H3,(H,39,43)(H,44,45,46)(H,47,48,49);;/q;2*+1/p-2. The molecule has 12 nitrogen and oxygen atoms in total. The summed E-state index contributed by atoms with van der Waals surface area (Å²) in [5.74, 6) is -0.750. The average molecular weight is 836 g/mol. The smallest absolute Gasteiger partial charge is 0.744 e. The van der Waals surface area contributed by atoms with Gasteiger partial charge in [0, 0.05) is 5.56 Å². The molecule has 0 saturated heterocycles. The van der Waals surface area contributed by atoms with E-state index in [-0.39, 0.29) is 120 Å². The van der Waals surface area contributed by atoms with E-state index in [0.29, 0.717) is 41.8 Å². The van der Waals surface area contributed by atoms with Crippen molar-refractivity contribution in [3.05, 3.63) is 65.7 Å². The van der Waals surface area contributed by atoms with Crippen molar-refractivity contribution >= 4 is 43.2 Å². The van der Waals surface area contributed by atoms with Crippen molar-refractivity contribution in [3.63, 3.8) is 0 Å². The van der Waals surface area contributed by atoms with Crippen LogP contribution in [0.3, 0.4) is 0 Å². The van der Waals surface area contributed by atoms with Gasteiger partial charge in [-0.15, -0.1) is 0 Å². The fraction of sp³-hybridized carbons (Fsp3) is 0.500. The third kappa shape index (κ3) is 19.7. The molecule has 0 spiro atoms. The molecule has 3 rings (SSSR count). The van der Waals surface area contributed by atoms with Gasteiger partial charge in [-0.3, -0.25) is 4.79 Å². The van der Waals surface area contributed by atoms with Crippen LogP contribution in [0.2, 0.25) is 0 Å².